The Kier molecular flexibility index (Phi) is 3.81. The van der Waals surface area contributed by atoms with E-state index in [4.69, 9.17) is 22.7 Å². The minimum atomic E-state index is -0.370. The molecule has 1 aliphatic rings. The minimum Gasteiger partial charge on any atom is -0.391 e. The summed E-state index contributed by atoms with van der Waals surface area (Å²) in [5, 5.41) is 0.850. The van der Waals surface area contributed by atoms with E-state index in [1.165, 1.54) is 0 Å². The van der Waals surface area contributed by atoms with Gasteiger partial charge >= 0.3 is 0 Å². The van der Waals surface area contributed by atoms with Crippen LogP contribution in [0, 0.1) is 0 Å². The van der Waals surface area contributed by atoms with Crippen LogP contribution in [-0.4, -0.2) is 46.6 Å². The number of aromatic nitrogens is 1. The third kappa shape index (κ3) is 2.72. The molecule has 1 unspecified atom stereocenters. The number of pyridine rings is 1. The Hall–Kier alpha value is -2.05. The van der Waals surface area contributed by atoms with E-state index in [0.29, 0.717) is 25.3 Å². The molecule has 2 aromatic rings. The van der Waals surface area contributed by atoms with Crippen LogP contribution in [0.1, 0.15) is 10.4 Å². The molecule has 1 atom stereocenters. The van der Waals surface area contributed by atoms with Crippen LogP contribution in [0.15, 0.2) is 36.5 Å². The molecule has 2 N–H and O–H groups in total. The van der Waals surface area contributed by atoms with Gasteiger partial charge in [0, 0.05) is 18.1 Å². The van der Waals surface area contributed by atoms with Crippen LogP contribution in [0.2, 0.25) is 0 Å². The molecule has 2 heterocycles. The molecule has 1 amide bonds. The lowest BCUT2D eigenvalue weighted by Gasteiger charge is -2.32. The summed E-state index contributed by atoms with van der Waals surface area (Å²) in [6.45, 7) is 1.37. The number of hydrogen-bond donors (Lipinski definition) is 1. The van der Waals surface area contributed by atoms with Gasteiger partial charge in [-0.15, -0.1) is 0 Å². The van der Waals surface area contributed by atoms with Crippen molar-refractivity contribution in [2.75, 3.05) is 19.7 Å². The minimum absolute atomic E-state index is 0.0434. The molecule has 0 radical (unpaired) electrons. The average Bonchev–Trinajstić information content (AvgIpc) is 2.53. The van der Waals surface area contributed by atoms with Crippen molar-refractivity contribution in [3.63, 3.8) is 0 Å². The van der Waals surface area contributed by atoms with E-state index in [9.17, 15) is 4.79 Å². The molecule has 3 rings (SSSR count). The summed E-state index contributed by atoms with van der Waals surface area (Å²) in [6, 6.07) is 9.35. The van der Waals surface area contributed by atoms with Crippen molar-refractivity contribution in [2.45, 2.75) is 6.10 Å². The van der Waals surface area contributed by atoms with E-state index in [0.717, 1.165) is 10.9 Å². The molecule has 0 aliphatic carbocycles. The van der Waals surface area contributed by atoms with Gasteiger partial charge in [-0.05, 0) is 12.1 Å². The van der Waals surface area contributed by atoms with Gasteiger partial charge in [-0.25, -0.2) is 0 Å². The molecule has 108 valence electrons. The predicted molar refractivity (Wildman–Crippen MR) is 84.2 cm³/mol. The summed E-state index contributed by atoms with van der Waals surface area (Å²) in [4.78, 5) is 19.0. The van der Waals surface area contributed by atoms with Gasteiger partial charge in [0.25, 0.3) is 5.91 Å². The fraction of sp³-hybridized carbons (Fsp3) is 0.267. The summed E-state index contributed by atoms with van der Waals surface area (Å²) in [5.41, 5.74) is 7.07. The zero-order chi connectivity index (χ0) is 14.8. The van der Waals surface area contributed by atoms with Gasteiger partial charge in [-0.1, -0.05) is 30.4 Å². The number of nitrogens with two attached hydrogens (primary N) is 1. The Labute approximate surface area is 127 Å². The van der Waals surface area contributed by atoms with E-state index in [-0.39, 0.29) is 17.0 Å². The van der Waals surface area contributed by atoms with E-state index in [1.807, 2.05) is 24.3 Å². The first-order chi connectivity index (χ1) is 10.2. The number of ether oxygens (including phenoxy) is 1. The van der Waals surface area contributed by atoms with E-state index in [1.54, 1.807) is 17.2 Å². The maximum atomic E-state index is 12.7. The van der Waals surface area contributed by atoms with Crippen LogP contribution in [0.25, 0.3) is 10.9 Å². The Bertz CT molecular complexity index is 699. The molecule has 1 aromatic heterocycles. The third-order valence-corrected chi connectivity index (χ3v) is 3.81. The number of thiocarbonyl (C=S) groups is 1. The molecule has 5 nitrogen and oxygen atoms in total. The monoisotopic (exact) mass is 301 g/mol. The van der Waals surface area contributed by atoms with E-state index >= 15 is 0 Å². The topological polar surface area (TPSA) is 68.5 Å². The maximum absolute atomic E-state index is 12.7. The number of nitrogens with zero attached hydrogens (tertiary/aromatic N) is 2. The van der Waals surface area contributed by atoms with Crippen molar-refractivity contribution in [1.82, 2.24) is 9.88 Å². The Morgan fingerprint density at radius 1 is 1.38 bits per heavy atom. The average molecular weight is 301 g/mol. The smallest absolute Gasteiger partial charge is 0.254 e. The molecular weight excluding hydrogens is 286 g/mol. The number of para-hydroxylation sites is 1. The highest BCUT2D eigenvalue weighted by Gasteiger charge is 2.27. The Morgan fingerprint density at radius 2 is 2.19 bits per heavy atom. The zero-order valence-corrected chi connectivity index (χ0v) is 12.2. The molecule has 0 saturated carbocycles. The van der Waals surface area contributed by atoms with Gasteiger partial charge < -0.3 is 15.4 Å². The highest BCUT2D eigenvalue weighted by molar-refractivity contribution is 7.80. The number of carbonyl (C=O) groups excluding carboxylic acids is 1. The summed E-state index contributed by atoms with van der Waals surface area (Å²) in [7, 11) is 0. The van der Waals surface area contributed by atoms with Crippen LogP contribution < -0.4 is 5.73 Å². The number of carbonyl (C=O) groups is 1. The SMILES string of the molecule is NC(=S)C1CN(C(=O)c2ccnc3ccccc23)CCO1. The van der Waals surface area contributed by atoms with Crippen LogP contribution in [-0.2, 0) is 4.74 Å². The van der Waals surface area contributed by atoms with Gasteiger partial charge in [-0.2, -0.15) is 0 Å². The van der Waals surface area contributed by atoms with Crippen molar-refractivity contribution < 1.29 is 9.53 Å². The number of hydrogen-bond acceptors (Lipinski definition) is 4. The lowest BCUT2D eigenvalue weighted by molar-refractivity contribution is 0.00888. The predicted octanol–water partition coefficient (Wildman–Crippen LogP) is 1.36. The van der Waals surface area contributed by atoms with Crippen molar-refractivity contribution in [2.24, 2.45) is 5.73 Å². The molecule has 1 aliphatic heterocycles. The van der Waals surface area contributed by atoms with Crippen molar-refractivity contribution in [3.8, 4) is 0 Å². The first-order valence-electron chi connectivity index (χ1n) is 6.71. The molecule has 1 saturated heterocycles. The lowest BCUT2D eigenvalue weighted by atomic mass is 10.1. The lowest BCUT2D eigenvalue weighted by Crippen LogP contribution is -2.49. The van der Waals surface area contributed by atoms with Gasteiger partial charge in [0.05, 0.1) is 24.2 Å². The summed E-state index contributed by atoms with van der Waals surface area (Å²) < 4.78 is 5.47. The summed E-state index contributed by atoms with van der Waals surface area (Å²) in [5.74, 6) is -0.0434. The van der Waals surface area contributed by atoms with Crippen LogP contribution in [0.3, 0.4) is 0 Å². The van der Waals surface area contributed by atoms with Gasteiger partial charge in [0.2, 0.25) is 0 Å². The maximum Gasteiger partial charge on any atom is 0.254 e. The largest absolute Gasteiger partial charge is 0.391 e. The second kappa shape index (κ2) is 5.75. The highest BCUT2D eigenvalue weighted by atomic mass is 32.1. The molecule has 6 heteroatoms. The van der Waals surface area contributed by atoms with Crippen LogP contribution >= 0.6 is 12.2 Å². The first kappa shape index (κ1) is 13.9. The summed E-state index contributed by atoms with van der Waals surface area (Å²) >= 11 is 4.95. The summed E-state index contributed by atoms with van der Waals surface area (Å²) in [6.07, 6.45) is 1.28. The second-order valence-electron chi connectivity index (χ2n) is 4.89. The normalized spacial score (nSPS) is 18.7. The number of amides is 1. The number of benzene rings is 1. The Balaban J connectivity index is 1.92. The van der Waals surface area contributed by atoms with Gasteiger partial charge in [0.15, 0.2) is 0 Å². The van der Waals surface area contributed by atoms with Crippen LogP contribution in [0.4, 0.5) is 0 Å². The molecule has 1 fully saturated rings. The number of fused-ring (bicyclic) bond motifs is 1. The highest BCUT2D eigenvalue weighted by Crippen LogP contribution is 2.19. The van der Waals surface area contributed by atoms with E-state index < -0.39 is 0 Å². The first-order valence-corrected chi connectivity index (χ1v) is 7.11. The van der Waals surface area contributed by atoms with Crippen molar-refractivity contribution in [1.29, 1.82) is 0 Å². The zero-order valence-electron chi connectivity index (χ0n) is 11.4. The molecule has 21 heavy (non-hydrogen) atoms. The molecule has 0 bridgehead atoms. The van der Waals surface area contributed by atoms with Crippen molar-refractivity contribution in [3.05, 3.63) is 42.1 Å². The van der Waals surface area contributed by atoms with Crippen LogP contribution in [0.5, 0.6) is 0 Å². The quantitative estimate of drug-likeness (QED) is 0.848. The van der Waals surface area contributed by atoms with E-state index in [2.05, 4.69) is 4.98 Å². The third-order valence-electron chi connectivity index (χ3n) is 3.55. The standard InChI is InChI=1S/C15H15N3O2S/c16-14(21)13-9-18(7-8-20-13)15(19)11-5-6-17-12-4-2-1-3-10(11)12/h1-6,13H,7-9H2,(H2,16,21). The second-order valence-corrected chi connectivity index (χ2v) is 5.36. The molecule has 0 spiro atoms. The Morgan fingerprint density at radius 3 is 3.00 bits per heavy atom. The van der Waals surface area contributed by atoms with Gasteiger partial charge in [-0.3, -0.25) is 9.78 Å². The fourth-order valence-electron chi connectivity index (χ4n) is 2.46. The number of rotatable bonds is 2. The van der Waals surface area contributed by atoms with Crippen molar-refractivity contribution >= 4 is 34.0 Å². The number of morpholine rings is 1. The molecular formula is C15H15N3O2S. The van der Waals surface area contributed by atoms with Gasteiger partial charge in [0.1, 0.15) is 11.1 Å². The molecule has 1 aromatic carbocycles. The fourth-order valence-corrected chi connectivity index (χ4v) is 2.60.